The number of likely N-dealkylation sites (tertiary alicyclic amines) is 1. The van der Waals surface area contributed by atoms with Crippen LogP contribution in [0.4, 0.5) is 0 Å². The Balaban J connectivity index is 0.00000338. The molecule has 26 heavy (non-hydrogen) atoms. The Labute approximate surface area is 175 Å². The number of guanidine groups is 1. The van der Waals surface area contributed by atoms with E-state index in [2.05, 4.69) is 34.4 Å². The number of hydrogen-bond acceptors (Lipinski definition) is 2. The van der Waals surface area contributed by atoms with Crippen LogP contribution in [-0.2, 0) is 6.54 Å². The maximum Gasteiger partial charge on any atom is 0.251 e. The molecule has 1 aliphatic rings. The van der Waals surface area contributed by atoms with Crippen molar-refractivity contribution in [1.29, 1.82) is 0 Å². The molecule has 0 aromatic heterocycles. The summed E-state index contributed by atoms with van der Waals surface area (Å²) >= 11 is 0. The zero-order valence-corrected chi connectivity index (χ0v) is 18.7. The van der Waals surface area contributed by atoms with E-state index in [0.717, 1.165) is 37.0 Å². The van der Waals surface area contributed by atoms with Crippen LogP contribution in [0.25, 0.3) is 0 Å². The van der Waals surface area contributed by atoms with Crippen molar-refractivity contribution < 1.29 is 4.79 Å². The molecule has 146 valence electrons. The number of halogens is 1. The number of carbonyl (C=O) groups is 1. The molecule has 1 aromatic rings. The van der Waals surface area contributed by atoms with E-state index in [9.17, 15) is 4.79 Å². The van der Waals surface area contributed by atoms with Gasteiger partial charge in [0.15, 0.2) is 5.96 Å². The van der Waals surface area contributed by atoms with Crippen LogP contribution in [0.15, 0.2) is 29.3 Å². The Morgan fingerprint density at radius 1 is 1.27 bits per heavy atom. The molecule has 2 N–H and O–H groups in total. The molecule has 0 bridgehead atoms. The van der Waals surface area contributed by atoms with E-state index in [4.69, 9.17) is 0 Å². The highest BCUT2D eigenvalue weighted by molar-refractivity contribution is 14.0. The van der Waals surface area contributed by atoms with Crippen molar-refractivity contribution in [1.82, 2.24) is 15.5 Å². The minimum Gasteiger partial charge on any atom is -0.352 e. The van der Waals surface area contributed by atoms with Crippen molar-refractivity contribution >= 4 is 35.8 Å². The maximum absolute atomic E-state index is 12.1. The van der Waals surface area contributed by atoms with Gasteiger partial charge in [0.25, 0.3) is 5.91 Å². The predicted molar refractivity (Wildman–Crippen MR) is 119 cm³/mol. The van der Waals surface area contributed by atoms with E-state index in [1.165, 1.54) is 12.8 Å². The van der Waals surface area contributed by atoms with Crippen LogP contribution in [0.2, 0.25) is 0 Å². The molecule has 0 saturated carbocycles. The van der Waals surface area contributed by atoms with Gasteiger partial charge in [0.2, 0.25) is 0 Å². The summed E-state index contributed by atoms with van der Waals surface area (Å²) in [5.41, 5.74) is 1.85. The quantitative estimate of drug-likeness (QED) is 0.391. The van der Waals surface area contributed by atoms with Crippen LogP contribution in [0, 0.1) is 5.92 Å². The lowest BCUT2D eigenvalue weighted by Crippen LogP contribution is -2.45. The Morgan fingerprint density at radius 2 is 1.88 bits per heavy atom. The molecule has 0 aliphatic carbocycles. The molecule has 1 aromatic carbocycles. The lowest BCUT2D eigenvalue weighted by atomic mass is 9.99. The van der Waals surface area contributed by atoms with Gasteiger partial charge in [-0.15, -0.1) is 24.0 Å². The Kier molecular flexibility index (Phi) is 9.98. The van der Waals surface area contributed by atoms with E-state index in [0.29, 0.717) is 12.1 Å². The lowest BCUT2D eigenvalue weighted by molar-refractivity contribution is 0.0939. The summed E-state index contributed by atoms with van der Waals surface area (Å²) in [6.07, 6.45) is 3.38. The third-order valence-electron chi connectivity index (χ3n) is 4.95. The van der Waals surface area contributed by atoms with Gasteiger partial charge in [-0.05, 0) is 49.8 Å². The average molecular weight is 472 g/mol. The normalized spacial score (nSPS) is 16.6. The second-order valence-corrected chi connectivity index (χ2v) is 7.05. The Bertz CT molecular complexity index is 580. The number of nitrogens with one attached hydrogen (secondary N) is 2. The van der Waals surface area contributed by atoms with Gasteiger partial charge in [-0.2, -0.15) is 0 Å². The summed E-state index contributed by atoms with van der Waals surface area (Å²) < 4.78 is 0. The molecular formula is C20H33IN4O. The van der Waals surface area contributed by atoms with Gasteiger partial charge in [-0.25, -0.2) is 0 Å². The first kappa shape index (κ1) is 22.7. The summed E-state index contributed by atoms with van der Waals surface area (Å²) in [6, 6.07) is 7.98. The molecule has 1 amide bonds. The van der Waals surface area contributed by atoms with Crippen LogP contribution in [0.1, 0.15) is 56.0 Å². The average Bonchev–Trinajstić information content (AvgIpc) is 2.63. The first-order chi connectivity index (χ1) is 12.0. The van der Waals surface area contributed by atoms with Gasteiger partial charge in [0, 0.05) is 38.3 Å². The molecule has 1 atom stereocenters. The highest BCUT2D eigenvalue weighted by Crippen LogP contribution is 2.16. The number of benzene rings is 1. The van der Waals surface area contributed by atoms with Crippen LogP contribution >= 0.6 is 24.0 Å². The Morgan fingerprint density at radius 3 is 2.42 bits per heavy atom. The number of amides is 1. The summed E-state index contributed by atoms with van der Waals surface area (Å²) in [4.78, 5) is 18.9. The molecular weight excluding hydrogens is 439 g/mol. The zero-order chi connectivity index (χ0) is 18.2. The third-order valence-corrected chi connectivity index (χ3v) is 4.95. The molecule has 1 unspecified atom stereocenters. The molecule has 6 heteroatoms. The predicted octanol–water partition coefficient (Wildman–Crippen LogP) is 3.64. The van der Waals surface area contributed by atoms with Gasteiger partial charge in [0.05, 0.1) is 0 Å². The maximum atomic E-state index is 12.1. The molecule has 2 rings (SSSR count). The fourth-order valence-corrected chi connectivity index (χ4v) is 2.92. The minimum atomic E-state index is -0.00731. The molecule has 1 saturated heterocycles. The van der Waals surface area contributed by atoms with E-state index in [-0.39, 0.29) is 35.9 Å². The van der Waals surface area contributed by atoms with E-state index < -0.39 is 0 Å². The number of piperidine rings is 1. The summed E-state index contributed by atoms with van der Waals surface area (Å²) in [5, 5.41) is 6.43. The Hall–Kier alpha value is -1.31. The second-order valence-electron chi connectivity index (χ2n) is 7.05. The third kappa shape index (κ3) is 6.78. The van der Waals surface area contributed by atoms with E-state index in [1.54, 1.807) is 0 Å². The van der Waals surface area contributed by atoms with Gasteiger partial charge < -0.3 is 15.5 Å². The fraction of sp³-hybridized carbons (Fsp3) is 0.600. The number of nitrogens with zero attached hydrogens (tertiary/aromatic N) is 2. The van der Waals surface area contributed by atoms with Crippen molar-refractivity contribution in [2.75, 3.05) is 20.1 Å². The van der Waals surface area contributed by atoms with E-state index >= 15 is 0 Å². The van der Waals surface area contributed by atoms with Gasteiger partial charge in [-0.3, -0.25) is 9.79 Å². The number of carbonyl (C=O) groups excluding carboxylic acids is 1. The topological polar surface area (TPSA) is 56.7 Å². The standard InChI is InChI=1S/C20H32N4O.HI/c1-5-16(3)23-19(25)18-8-6-17(7-9-18)14-22-20(21-4)24-12-10-15(2)11-13-24;/h6-9,15-16H,5,10-14H2,1-4H3,(H,21,22)(H,23,25);1H. The smallest absolute Gasteiger partial charge is 0.251 e. The van der Waals surface area contributed by atoms with Crippen molar-refractivity contribution in [3.8, 4) is 0 Å². The molecule has 1 fully saturated rings. The number of rotatable bonds is 5. The lowest BCUT2D eigenvalue weighted by Gasteiger charge is -2.32. The molecule has 0 radical (unpaired) electrons. The molecule has 5 nitrogen and oxygen atoms in total. The van der Waals surface area contributed by atoms with Crippen molar-refractivity contribution in [2.24, 2.45) is 10.9 Å². The first-order valence-corrected chi connectivity index (χ1v) is 9.38. The van der Waals surface area contributed by atoms with Crippen LogP contribution in [-0.4, -0.2) is 42.9 Å². The first-order valence-electron chi connectivity index (χ1n) is 9.38. The number of aliphatic imine (C=N–C) groups is 1. The van der Waals surface area contributed by atoms with Gasteiger partial charge in [-0.1, -0.05) is 26.0 Å². The monoisotopic (exact) mass is 472 g/mol. The van der Waals surface area contributed by atoms with E-state index in [1.807, 2.05) is 38.2 Å². The highest BCUT2D eigenvalue weighted by Gasteiger charge is 2.18. The zero-order valence-electron chi connectivity index (χ0n) is 16.4. The highest BCUT2D eigenvalue weighted by atomic mass is 127. The minimum absolute atomic E-state index is 0. The molecule has 1 heterocycles. The summed E-state index contributed by atoms with van der Waals surface area (Å²) in [7, 11) is 1.84. The SMILES string of the molecule is CCC(C)NC(=O)c1ccc(CNC(=NC)N2CCC(C)CC2)cc1.I. The fourth-order valence-electron chi connectivity index (χ4n) is 2.92. The largest absolute Gasteiger partial charge is 0.352 e. The molecule has 1 aliphatic heterocycles. The molecule has 0 spiro atoms. The summed E-state index contributed by atoms with van der Waals surface area (Å²) in [5.74, 6) is 1.76. The summed E-state index contributed by atoms with van der Waals surface area (Å²) in [6.45, 7) is 9.24. The van der Waals surface area contributed by atoms with Crippen molar-refractivity contribution in [3.63, 3.8) is 0 Å². The van der Waals surface area contributed by atoms with Gasteiger partial charge in [0.1, 0.15) is 0 Å². The second kappa shape index (κ2) is 11.4. The van der Waals surface area contributed by atoms with Crippen LogP contribution in [0.5, 0.6) is 0 Å². The van der Waals surface area contributed by atoms with Crippen molar-refractivity contribution in [3.05, 3.63) is 35.4 Å². The number of hydrogen-bond donors (Lipinski definition) is 2. The van der Waals surface area contributed by atoms with Crippen LogP contribution < -0.4 is 10.6 Å². The van der Waals surface area contributed by atoms with Crippen LogP contribution in [0.3, 0.4) is 0 Å². The van der Waals surface area contributed by atoms with Crippen molar-refractivity contribution in [2.45, 2.75) is 52.6 Å². The van der Waals surface area contributed by atoms with Gasteiger partial charge >= 0.3 is 0 Å².